The first-order valence-corrected chi connectivity index (χ1v) is 17.3. The molecule has 0 unspecified atom stereocenters. The van der Waals surface area contributed by atoms with E-state index in [1.165, 1.54) is 60.9 Å². The van der Waals surface area contributed by atoms with Crippen molar-refractivity contribution >= 4 is 60.8 Å². The lowest BCUT2D eigenvalue weighted by Crippen LogP contribution is -2.09. The van der Waals surface area contributed by atoms with E-state index in [0.29, 0.717) is 0 Å². The molecule has 0 bridgehead atoms. The molecule has 2 aliphatic carbocycles. The van der Waals surface area contributed by atoms with Crippen molar-refractivity contribution in [2.75, 3.05) is 0 Å². The Bertz CT molecular complexity index is 2690. The molecule has 2 heterocycles. The van der Waals surface area contributed by atoms with Crippen LogP contribution in [0.15, 0.2) is 146 Å². The lowest BCUT2D eigenvalue weighted by atomic mass is 9.93. The van der Waals surface area contributed by atoms with Crippen molar-refractivity contribution in [3.8, 4) is 22.3 Å². The molecule has 0 atom stereocenters. The third-order valence-corrected chi connectivity index (χ3v) is 10.3. The van der Waals surface area contributed by atoms with Gasteiger partial charge in [-0.25, -0.2) is 4.98 Å². The fraction of sp³-hybridized carbons (Fsp3) is 0.0870. The van der Waals surface area contributed by atoms with Crippen LogP contribution in [0.25, 0.3) is 83.1 Å². The second-order valence-corrected chi connectivity index (χ2v) is 13.1. The molecule has 0 spiro atoms. The number of para-hydroxylation sites is 1. The van der Waals surface area contributed by atoms with Crippen LogP contribution in [-0.2, 0) is 6.42 Å². The molecule has 0 amide bonds. The Labute approximate surface area is 285 Å². The molecule has 0 saturated carbocycles. The van der Waals surface area contributed by atoms with Gasteiger partial charge in [0, 0.05) is 33.0 Å². The summed E-state index contributed by atoms with van der Waals surface area (Å²) in [4.78, 5) is 10.7. The number of benzene rings is 6. The van der Waals surface area contributed by atoms with Crippen molar-refractivity contribution < 1.29 is 0 Å². The van der Waals surface area contributed by atoms with Crippen molar-refractivity contribution in [3.63, 3.8) is 0 Å². The molecule has 2 aliphatic rings. The zero-order valence-electron chi connectivity index (χ0n) is 27.1. The van der Waals surface area contributed by atoms with Crippen molar-refractivity contribution in [3.05, 3.63) is 163 Å². The van der Waals surface area contributed by atoms with Crippen molar-refractivity contribution in [1.82, 2.24) is 14.5 Å². The van der Waals surface area contributed by atoms with E-state index in [-0.39, 0.29) is 0 Å². The summed E-state index contributed by atoms with van der Waals surface area (Å²) in [6.45, 7) is 0. The summed E-state index contributed by atoms with van der Waals surface area (Å²) >= 11 is 0. The van der Waals surface area contributed by atoms with Crippen LogP contribution < -0.4 is 0 Å². The summed E-state index contributed by atoms with van der Waals surface area (Å²) in [6, 6.07) is 43.7. The predicted molar refractivity (Wildman–Crippen MR) is 206 cm³/mol. The van der Waals surface area contributed by atoms with Gasteiger partial charge in [0.15, 0.2) is 0 Å². The molecule has 8 aromatic rings. The van der Waals surface area contributed by atoms with Crippen molar-refractivity contribution in [2.45, 2.75) is 25.7 Å². The van der Waals surface area contributed by atoms with Gasteiger partial charge in [0.25, 0.3) is 0 Å². The van der Waals surface area contributed by atoms with Gasteiger partial charge in [-0.05, 0) is 76.9 Å². The molecule has 232 valence electrons. The largest absolute Gasteiger partial charge is 0.313 e. The third kappa shape index (κ3) is 4.50. The number of hydrogen-bond donors (Lipinski definition) is 0. The zero-order valence-corrected chi connectivity index (χ0v) is 27.1. The molecule has 0 aliphatic heterocycles. The van der Waals surface area contributed by atoms with Crippen LogP contribution in [-0.4, -0.2) is 14.5 Å². The second-order valence-electron chi connectivity index (χ2n) is 13.1. The molecule has 0 fully saturated rings. The Balaban J connectivity index is 1.20. The normalized spacial score (nSPS) is 14.4. The van der Waals surface area contributed by atoms with Crippen LogP contribution in [0.4, 0.5) is 0 Å². The Kier molecular flexibility index (Phi) is 6.45. The molecule has 0 radical (unpaired) electrons. The molecule has 3 nitrogen and oxygen atoms in total. The summed E-state index contributed by atoms with van der Waals surface area (Å²) in [5, 5.41) is 5.94. The van der Waals surface area contributed by atoms with E-state index >= 15 is 0 Å². The van der Waals surface area contributed by atoms with Gasteiger partial charge in [0.05, 0.1) is 34.1 Å². The number of allylic oxidation sites excluding steroid dienone is 5. The van der Waals surface area contributed by atoms with Crippen LogP contribution in [0.1, 0.15) is 36.2 Å². The van der Waals surface area contributed by atoms with E-state index in [1.54, 1.807) is 0 Å². The van der Waals surface area contributed by atoms with Gasteiger partial charge in [0.1, 0.15) is 0 Å². The van der Waals surface area contributed by atoms with Gasteiger partial charge in [0.2, 0.25) is 0 Å². The Morgan fingerprint density at radius 3 is 1.92 bits per heavy atom. The molecule has 10 rings (SSSR count). The topological polar surface area (TPSA) is 30.7 Å². The summed E-state index contributed by atoms with van der Waals surface area (Å²) in [6.07, 6.45) is 15.5. The lowest BCUT2D eigenvalue weighted by molar-refractivity contribution is 0.893. The van der Waals surface area contributed by atoms with E-state index in [4.69, 9.17) is 9.97 Å². The molecule has 0 saturated heterocycles. The SMILES string of the molecule is C1=Cc2c(n(C3=CCCC=C3c3cnc4c5ccc(-c6ccccc6)cc5c5cc(-c6ccccc6)ccc5c4n3)c3ccccc23)CC1. The Morgan fingerprint density at radius 2 is 1.18 bits per heavy atom. The van der Waals surface area contributed by atoms with E-state index in [2.05, 4.69) is 150 Å². The first-order valence-electron chi connectivity index (χ1n) is 17.3. The van der Waals surface area contributed by atoms with Crippen molar-refractivity contribution in [2.24, 2.45) is 0 Å². The number of rotatable bonds is 4. The number of hydrogen-bond acceptors (Lipinski definition) is 2. The molecule has 3 heteroatoms. The van der Waals surface area contributed by atoms with Gasteiger partial charge < -0.3 is 4.57 Å². The number of fused-ring (bicyclic) bond motifs is 9. The van der Waals surface area contributed by atoms with Crippen LogP contribution in [0, 0.1) is 0 Å². The quantitative estimate of drug-likeness (QED) is 0.182. The lowest BCUT2D eigenvalue weighted by Gasteiger charge is -2.22. The Hall–Kier alpha value is -6.06. The highest BCUT2D eigenvalue weighted by Gasteiger charge is 2.24. The first-order chi connectivity index (χ1) is 24.3. The molecular weight excluding hydrogens is 595 g/mol. The maximum Gasteiger partial charge on any atom is 0.0979 e. The fourth-order valence-corrected chi connectivity index (χ4v) is 8.03. The van der Waals surface area contributed by atoms with Crippen LogP contribution in [0.2, 0.25) is 0 Å². The predicted octanol–water partition coefficient (Wildman–Crippen LogP) is 11.9. The summed E-state index contributed by atoms with van der Waals surface area (Å²) < 4.78 is 2.50. The van der Waals surface area contributed by atoms with Crippen molar-refractivity contribution in [1.29, 1.82) is 0 Å². The summed E-state index contributed by atoms with van der Waals surface area (Å²) in [5.74, 6) is 0. The minimum absolute atomic E-state index is 0.921. The molecule has 0 N–H and O–H groups in total. The monoisotopic (exact) mass is 627 g/mol. The number of nitrogens with zero attached hydrogens (tertiary/aromatic N) is 3. The Morgan fingerprint density at radius 1 is 0.531 bits per heavy atom. The molecule has 49 heavy (non-hydrogen) atoms. The summed E-state index contributed by atoms with van der Waals surface area (Å²) in [5.41, 5.74) is 14.0. The van der Waals surface area contributed by atoms with Gasteiger partial charge in [-0.15, -0.1) is 0 Å². The standard InChI is InChI=1S/C46H33N3/c1-3-13-30(14-4-1)32-23-25-36-39(27-32)40-28-33(31-15-5-2-6-16-31)24-26-37(40)46-45(36)47-29-41(48-46)38-19-9-12-22-44(38)49-42-20-10-7-17-34(42)35-18-8-11-21-43(35)49/h1-8,10,13-20,22-29H,9,11-12,21H2. The average molecular weight is 628 g/mol. The minimum atomic E-state index is 0.921. The maximum atomic E-state index is 5.51. The van der Waals surface area contributed by atoms with Crippen LogP contribution in [0.3, 0.4) is 0 Å². The maximum absolute atomic E-state index is 5.51. The second kappa shape index (κ2) is 11.3. The van der Waals surface area contributed by atoms with E-state index in [9.17, 15) is 0 Å². The summed E-state index contributed by atoms with van der Waals surface area (Å²) in [7, 11) is 0. The van der Waals surface area contributed by atoms with Gasteiger partial charge in [-0.3, -0.25) is 4.98 Å². The van der Waals surface area contributed by atoms with Gasteiger partial charge >= 0.3 is 0 Å². The molecule has 6 aromatic carbocycles. The third-order valence-electron chi connectivity index (χ3n) is 10.3. The molecular formula is C46H33N3. The van der Waals surface area contributed by atoms with Crippen LogP contribution in [0.5, 0.6) is 0 Å². The average Bonchev–Trinajstić information content (AvgIpc) is 3.52. The van der Waals surface area contributed by atoms with E-state index in [0.717, 1.165) is 58.8 Å². The highest BCUT2D eigenvalue weighted by molar-refractivity contribution is 6.24. The highest BCUT2D eigenvalue weighted by atomic mass is 15.0. The minimum Gasteiger partial charge on any atom is -0.313 e. The fourth-order valence-electron chi connectivity index (χ4n) is 8.03. The smallest absolute Gasteiger partial charge is 0.0979 e. The van der Waals surface area contributed by atoms with Crippen LogP contribution >= 0.6 is 0 Å². The molecule has 2 aromatic heterocycles. The zero-order chi connectivity index (χ0) is 32.3. The van der Waals surface area contributed by atoms with Gasteiger partial charge in [-0.1, -0.05) is 127 Å². The number of aromatic nitrogens is 3. The van der Waals surface area contributed by atoms with E-state index in [1.807, 2.05) is 6.20 Å². The first kappa shape index (κ1) is 28.0. The van der Waals surface area contributed by atoms with E-state index < -0.39 is 0 Å². The highest BCUT2D eigenvalue weighted by Crippen LogP contribution is 2.42. The van der Waals surface area contributed by atoms with Gasteiger partial charge in [-0.2, -0.15) is 0 Å².